The second kappa shape index (κ2) is 9.12. The molecule has 0 radical (unpaired) electrons. The number of Topliss-reactive ketones (excluding diaryl/α,β-unsaturated/α-hetero) is 1. The number of aliphatic hydroxyl groups is 1. The molecule has 0 aliphatic carbocycles. The highest BCUT2D eigenvalue weighted by molar-refractivity contribution is 6.46. The van der Waals surface area contributed by atoms with Crippen LogP contribution in [0.3, 0.4) is 0 Å². The van der Waals surface area contributed by atoms with Crippen LogP contribution in [0, 0.1) is 6.92 Å². The van der Waals surface area contributed by atoms with Gasteiger partial charge >= 0.3 is 5.97 Å². The number of carbonyl (C=O) groups is 3. The Morgan fingerprint density at radius 2 is 1.55 bits per heavy atom. The third-order valence-electron chi connectivity index (χ3n) is 5.80. The van der Waals surface area contributed by atoms with Gasteiger partial charge in [0.25, 0.3) is 11.7 Å². The van der Waals surface area contributed by atoms with Crippen molar-refractivity contribution in [3.8, 4) is 0 Å². The monoisotopic (exact) mass is 441 g/mol. The smallest absolute Gasteiger partial charge is 0.337 e. The highest BCUT2D eigenvalue weighted by atomic mass is 16.5. The molecule has 0 saturated carbocycles. The molecule has 1 unspecified atom stereocenters. The summed E-state index contributed by atoms with van der Waals surface area (Å²) in [6.45, 7) is 2.04. The van der Waals surface area contributed by atoms with E-state index in [1.807, 2.05) is 37.3 Å². The molecule has 1 heterocycles. The Labute approximate surface area is 191 Å². The molecule has 1 aliphatic rings. The standard InChI is InChI=1S/C27H23NO5/c1-17-8-6-7-11-21(17)23-22(24(29)19-9-4-3-5-10-19)25(30)26(31)28(23)16-18-12-14-20(15-13-18)27(32)33-2/h3-15,23,29H,16H2,1-2H3/b24-22+. The highest BCUT2D eigenvalue weighted by Gasteiger charge is 2.46. The van der Waals surface area contributed by atoms with Crippen molar-refractivity contribution >= 4 is 23.4 Å². The number of aryl methyl sites for hydroxylation is 1. The van der Waals surface area contributed by atoms with E-state index in [0.717, 1.165) is 16.7 Å². The first-order valence-electron chi connectivity index (χ1n) is 10.5. The first-order chi connectivity index (χ1) is 15.9. The van der Waals surface area contributed by atoms with Crippen LogP contribution in [0.25, 0.3) is 5.76 Å². The maximum atomic E-state index is 13.1. The quantitative estimate of drug-likeness (QED) is 0.275. The van der Waals surface area contributed by atoms with E-state index in [2.05, 4.69) is 0 Å². The van der Waals surface area contributed by atoms with Crippen LogP contribution in [0.1, 0.15) is 38.7 Å². The summed E-state index contributed by atoms with van der Waals surface area (Å²) in [5, 5.41) is 11.1. The van der Waals surface area contributed by atoms with E-state index in [1.165, 1.54) is 12.0 Å². The molecule has 1 fully saturated rings. The van der Waals surface area contributed by atoms with Crippen molar-refractivity contribution in [2.45, 2.75) is 19.5 Å². The van der Waals surface area contributed by atoms with Gasteiger partial charge in [0.05, 0.1) is 24.3 Å². The molecule has 1 amide bonds. The van der Waals surface area contributed by atoms with Gasteiger partial charge in [-0.2, -0.15) is 0 Å². The lowest BCUT2D eigenvalue weighted by Crippen LogP contribution is -2.29. The van der Waals surface area contributed by atoms with Crippen LogP contribution in [-0.4, -0.2) is 34.8 Å². The predicted molar refractivity (Wildman–Crippen MR) is 123 cm³/mol. The zero-order valence-corrected chi connectivity index (χ0v) is 18.3. The molecule has 6 nitrogen and oxygen atoms in total. The Morgan fingerprint density at radius 1 is 0.909 bits per heavy atom. The lowest BCUT2D eigenvalue weighted by atomic mass is 9.92. The fraction of sp³-hybridized carbons (Fsp3) is 0.148. The van der Waals surface area contributed by atoms with Gasteiger partial charge in [0, 0.05) is 12.1 Å². The predicted octanol–water partition coefficient (Wildman–Crippen LogP) is 4.40. The number of likely N-dealkylation sites (tertiary alicyclic amines) is 1. The van der Waals surface area contributed by atoms with Gasteiger partial charge in [0.1, 0.15) is 5.76 Å². The molecular formula is C27H23NO5. The largest absolute Gasteiger partial charge is 0.507 e. The zero-order chi connectivity index (χ0) is 23.5. The summed E-state index contributed by atoms with van der Waals surface area (Å²) >= 11 is 0. The first-order valence-corrected chi connectivity index (χ1v) is 10.5. The molecule has 0 aromatic heterocycles. The van der Waals surface area contributed by atoms with Crippen molar-refractivity contribution < 1.29 is 24.2 Å². The van der Waals surface area contributed by atoms with Crippen LogP contribution < -0.4 is 0 Å². The van der Waals surface area contributed by atoms with Crippen molar-refractivity contribution in [3.63, 3.8) is 0 Å². The van der Waals surface area contributed by atoms with Crippen molar-refractivity contribution in [2.75, 3.05) is 7.11 Å². The molecule has 3 aromatic rings. The summed E-state index contributed by atoms with van der Waals surface area (Å²) in [6, 6.07) is 22.1. The fourth-order valence-corrected chi connectivity index (χ4v) is 4.07. The van der Waals surface area contributed by atoms with E-state index < -0.39 is 23.7 Å². The lowest BCUT2D eigenvalue weighted by Gasteiger charge is -2.26. The minimum atomic E-state index is -0.744. The molecule has 6 heteroatoms. The van der Waals surface area contributed by atoms with Crippen LogP contribution in [0.2, 0.25) is 0 Å². The Hall–Kier alpha value is -4.19. The van der Waals surface area contributed by atoms with Gasteiger partial charge in [-0.15, -0.1) is 0 Å². The van der Waals surface area contributed by atoms with Crippen molar-refractivity contribution in [1.82, 2.24) is 4.90 Å². The molecule has 33 heavy (non-hydrogen) atoms. The SMILES string of the molecule is COC(=O)c1ccc(CN2C(=O)C(=O)/C(=C(/O)c3ccccc3)C2c2ccccc2C)cc1. The molecule has 0 spiro atoms. The van der Waals surface area contributed by atoms with E-state index in [0.29, 0.717) is 11.1 Å². The maximum Gasteiger partial charge on any atom is 0.337 e. The Bertz CT molecular complexity index is 1250. The maximum absolute atomic E-state index is 13.1. The van der Waals surface area contributed by atoms with Gasteiger partial charge in [-0.25, -0.2) is 4.79 Å². The minimum Gasteiger partial charge on any atom is -0.507 e. The molecule has 1 atom stereocenters. The molecule has 166 valence electrons. The molecule has 1 aliphatic heterocycles. The molecule has 1 saturated heterocycles. The van der Waals surface area contributed by atoms with Crippen LogP contribution >= 0.6 is 0 Å². The second-order valence-corrected chi connectivity index (χ2v) is 7.84. The Kier molecular flexibility index (Phi) is 6.09. The number of nitrogens with zero attached hydrogens (tertiary/aromatic N) is 1. The number of amides is 1. The van der Waals surface area contributed by atoms with Gasteiger partial charge in [-0.1, -0.05) is 66.7 Å². The summed E-state index contributed by atoms with van der Waals surface area (Å²) in [5.74, 6) is -2.07. The van der Waals surface area contributed by atoms with Gasteiger partial charge in [-0.05, 0) is 35.7 Å². The minimum absolute atomic E-state index is 0.0617. The number of aliphatic hydroxyl groups excluding tert-OH is 1. The average molecular weight is 441 g/mol. The molecular weight excluding hydrogens is 418 g/mol. The molecule has 3 aromatic carbocycles. The van der Waals surface area contributed by atoms with E-state index in [4.69, 9.17) is 4.74 Å². The second-order valence-electron chi connectivity index (χ2n) is 7.84. The van der Waals surface area contributed by atoms with Gasteiger partial charge in [-0.3, -0.25) is 9.59 Å². The summed E-state index contributed by atoms with van der Waals surface area (Å²) < 4.78 is 4.73. The summed E-state index contributed by atoms with van der Waals surface area (Å²) in [6.07, 6.45) is 0. The first kappa shape index (κ1) is 22.0. The number of rotatable bonds is 5. The number of carbonyl (C=O) groups excluding carboxylic acids is 3. The topological polar surface area (TPSA) is 83.9 Å². The van der Waals surface area contributed by atoms with E-state index in [-0.39, 0.29) is 17.9 Å². The van der Waals surface area contributed by atoms with Crippen LogP contribution in [-0.2, 0) is 20.9 Å². The van der Waals surface area contributed by atoms with E-state index >= 15 is 0 Å². The van der Waals surface area contributed by atoms with Crippen LogP contribution in [0.5, 0.6) is 0 Å². The number of methoxy groups -OCH3 is 1. The third-order valence-corrected chi connectivity index (χ3v) is 5.80. The number of benzene rings is 3. The summed E-state index contributed by atoms with van der Waals surface area (Å²) in [5.41, 5.74) is 3.32. The Morgan fingerprint density at radius 3 is 2.18 bits per heavy atom. The number of ether oxygens (including phenoxy) is 1. The molecule has 4 rings (SSSR count). The third kappa shape index (κ3) is 4.15. The normalized spacial score (nSPS) is 17.3. The lowest BCUT2D eigenvalue weighted by molar-refractivity contribution is -0.140. The fourth-order valence-electron chi connectivity index (χ4n) is 4.07. The summed E-state index contributed by atoms with van der Waals surface area (Å²) in [7, 11) is 1.31. The van der Waals surface area contributed by atoms with Gasteiger partial charge < -0.3 is 14.7 Å². The Balaban J connectivity index is 1.80. The van der Waals surface area contributed by atoms with Gasteiger partial charge in [0.15, 0.2) is 0 Å². The van der Waals surface area contributed by atoms with Crippen molar-refractivity contribution in [2.24, 2.45) is 0 Å². The van der Waals surface area contributed by atoms with Crippen LogP contribution in [0.4, 0.5) is 0 Å². The summed E-state index contributed by atoms with van der Waals surface area (Å²) in [4.78, 5) is 39.4. The van der Waals surface area contributed by atoms with Crippen molar-refractivity contribution in [1.29, 1.82) is 0 Å². The van der Waals surface area contributed by atoms with Crippen molar-refractivity contribution in [3.05, 3.63) is 112 Å². The number of ketones is 1. The number of hydrogen-bond acceptors (Lipinski definition) is 5. The van der Waals surface area contributed by atoms with E-state index in [1.54, 1.807) is 48.5 Å². The molecule has 1 N–H and O–H groups in total. The number of esters is 1. The van der Waals surface area contributed by atoms with Gasteiger partial charge in [0.2, 0.25) is 0 Å². The van der Waals surface area contributed by atoms with Crippen LogP contribution in [0.15, 0.2) is 84.4 Å². The highest BCUT2D eigenvalue weighted by Crippen LogP contribution is 2.41. The molecule has 0 bridgehead atoms. The van der Waals surface area contributed by atoms with E-state index in [9.17, 15) is 19.5 Å². The zero-order valence-electron chi connectivity index (χ0n) is 18.3. The number of hydrogen-bond donors (Lipinski definition) is 1. The average Bonchev–Trinajstić information content (AvgIpc) is 3.09.